The molecule has 0 spiro atoms. The molecule has 3 rings (SSSR count). The highest BCUT2D eigenvalue weighted by Crippen LogP contribution is 2.22. The van der Waals surface area contributed by atoms with Crippen molar-refractivity contribution in [1.82, 2.24) is 25.0 Å². The normalized spacial score (nSPS) is 11.1. The van der Waals surface area contributed by atoms with Gasteiger partial charge in [-0.05, 0) is 12.1 Å². The number of hydrogen-bond donors (Lipinski definition) is 1. The fraction of sp³-hybridized carbons (Fsp3) is 0.333. The Bertz CT molecular complexity index is 761. The van der Waals surface area contributed by atoms with E-state index >= 15 is 0 Å². The average molecular weight is 314 g/mol. The van der Waals surface area contributed by atoms with Gasteiger partial charge in [0.25, 0.3) is 0 Å². The number of benzene rings is 1. The summed E-state index contributed by atoms with van der Waals surface area (Å²) in [6.45, 7) is 4.93. The summed E-state index contributed by atoms with van der Waals surface area (Å²) in [5, 5.41) is 21.9. The van der Waals surface area contributed by atoms with Crippen LogP contribution in [0.15, 0.2) is 30.6 Å². The molecule has 114 valence electrons. The monoisotopic (exact) mass is 314 g/mol. The second-order valence-corrected chi connectivity index (χ2v) is 6.48. The molecule has 0 unspecified atom stereocenters. The predicted octanol–water partition coefficient (Wildman–Crippen LogP) is 3.07. The number of anilines is 1. The zero-order valence-corrected chi connectivity index (χ0v) is 13.6. The van der Waals surface area contributed by atoms with Crippen LogP contribution in [0, 0.1) is 0 Å². The van der Waals surface area contributed by atoms with Crippen LogP contribution in [-0.2, 0) is 13.6 Å². The molecule has 0 bridgehead atoms. The largest absolute Gasteiger partial charge is 0.378 e. The quantitative estimate of drug-likeness (QED) is 0.784. The van der Waals surface area contributed by atoms with Gasteiger partial charge in [-0.2, -0.15) is 0 Å². The fourth-order valence-electron chi connectivity index (χ4n) is 2.06. The van der Waals surface area contributed by atoms with Crippen LogP contribution in [0.3, 0.4) is 0 Å². The zero-order chi connectivity index (χ0) is 15.5. The lowest BCUT2D eigenvalue weighted by Crippen LogP contribution is -1.99. The molecule has 22 heavy (non-hydrogen) atoms. The van der Waals surface area contributed by atoms with E-state index in [0.29, 0.717) is 12.5 Å². The maximum absolute atomic E-state index is 4.22. The molecular formula is C15H18N6S. The standard InChI is InChI=1S/C15H18N6S/c1-10(2)15-20-18-13(22-15)8-16-12-6-4-5-11(7-12)14-19-17-9-21(14)3/h4-7,9-10,16H,8H2,1-3H3. The smallest absolute Gasteiger partial charge is 0.163 e. The Morgan fingerprint density at radius 2 is 2.09 bits per heavy atom. The molecule has 0 saturated carbocycles. The molecule has 6 nitrogen and oxygen atoms in total. The lowest BCUT2D eigenvalue weighted by molar-refractivity contribution is 0.818. The van der Waals surface area contributed by atoms with Crippen molar-refractivity contribution in [3.05, 3.63) is 40.6 Å². The van der Waals surface area contributed by atoms with E-state index in [9.17, 15) is 0 Å². The maximum Gasteiger partial charge on any atom is 0.163 e. The van der Waals surface area contributed by atoms with E-state index < -0.39 is 0 Å². The lowest BCUT2D eigenvalue weighted by atomic mass is 10.2. The molecule has 0 aliphatic rings. The number of nitrogens with one attached hydrogen (secondary N) is 1. The Hall–Kier alpha value is -2.28. The minimum absolute atomic E-state index is 0.422. The summed E-state index contributed by atoms with van der Waals surface area (Å²) >= 11 is 1.65. The molecule has 0 radical (unpaired) electrons. The van der Waals surface area contributed by atoms with Crippen LogP contribution >= 0.6 is 11.3 Å². The summed E-state index contributed by atoms with van der Waals surface area (Å²) in [5.41, 5.74) is 2.06. The van der Waals surface area contributed by atoms with Gasteiger partial charge in [0.05, 0.1) is 6.54 Å². The minimum atomic E-state index is 0.422. The van der Waals surface area contributed by atoms with E-state index in [0.717, 1.165) is 27.1 Å². The molecule has 0 aliphatic heterocycles. The summed E-state index contributed by atoms with van der Waals surface area (Å²) in [7, 11) is 1.93. The van der Waals surface area contributed by atoms with Gasteiger partial charge in [-0.25, -0.2) is 0 Å². The summed E-state index contributed by atoms with van der Waals surface area (Å²) in [4.78, 5) is 0. The van der Waals surface area contributed by atoms with Gasteiger partial charge in [-0.1, -0.05) is 37.3 Å². The van der Waals surface area contributed by atoms with E-state index in [-0.39, 0.29) is 0 Å². The van der Waals surface area contributed by atoms with Crippen LogP contribution < -0.4 is 5.32 Å². The molecule has 1 aromatic carbocycles. The van der Waals surface area contributed by atoms with Gasteiger partial charge in [0.1, 0.15) is 16.3 Å². The maximum atomic E-state index is 4.22. The van der Waals surface area contributed by atoms with Crippen LogP contribution in [0.2, 0.25) is 0 Å². The van der Waals surface area contributed by atoms with E-state index in [1.807, 2.05) is 29.8 Å². The third kappa shape index (κ3) is 3.14. The first-order valence-corrected chi connectivity index (χ1v) is 7.95. The predicted molar refractivity (Wildman–Crippen MR) is 87.8 cm³/mol. The summed E-state index contributed by atoms with van der Waals surface area (Å²) < 4.78 is 1.90. The molecule has 3 aromatic rings. The molecule has 0 aliphatic carbocycles. The van der Waals surface area contributed by atoms with Crippen LogP contribution in [0.1, 0.15) is 29.8 Å². The Kier molecular flexibility index (Phi) is 4.15. The third-order valence-corrected chi connectivity index (χ3v) is 4.48. The number of aryl methyl sites for hydroxylation is 1. The van der Waals surface area contributed by atoms with Gasteiger partial charge in [0.15, 0.2) is 5.82 Å². The van der Waals surface area contributed by atoms with Gasteiger partial charge in [-0.3, -0.25) is 0 Å². The average Bonchev–Trinajstić information content (AvgIpc) is 3.14. The second kappa shape index (κ2) is 6.23. The van der Waals surface area contributed by atoms with E-state index in [1.54, 1.807) is 17.7 Å². The second-order valence-electron chi connectivity index (χ2n) is 5.39. The highest BCUT2D eigenvalue weighted by molar-refractivity contribution is 7.11. The van der Waals surface area contributed by atoms with Crippen molar-refractivity contribution >= 4 is 17.0 Å². The van der Waals surface area contributed by atoms with Gasteiger partial charge in [0, 0.05) is 24.2 Å². The zero-order valence-electron chi connectivity index (χ0n) is 12.8. The first kappa shape index (κ1) is 14.6. The molecular weight excluding hydrogens is 296 g/mol. The summed E-state index contributed by atoms with van der Waals surface area (Å²) in [5.74, 6) is 1.27. The molecule has 0 fully saturated rings. The summed E-state index contributed by atoms with van der Waals surface area (Å²) in [6.07, 6.45) is 1.70. The van der Waals surface area contributed by atoms with E-state index in [4.69, 9.17) is 0 Å². The molecule has 7 heteroatoms. The first-order chi connectivity index (χ1) is 10.6. The van der Waals surface area contributed by atoms with Crippen molar-refractivity contribution in [3.8, 4) is 11.4 Å². The summed E-state index contributed by atoms with van der Waals surface area (Å²) in [6, 6.07) is 8.13. The molecule has 2 aromatic heterocycles. The molecule has 2 heterocycles. The van der Waals surface area contributed by atoms with Crippen molar-refractivity contribution in [2.45, 2.75) is 26.3 Å². The SMILES string of the molecule is CC(C)c1nnc(CNc2cccc(-c3nncn3C)c2)s1. The van der Waals surface area contributed by atoms with Gasteiger partial charge in [0.2, 0.25) is 0 Å². The van der Waals surface area contributed by atoms with Gasteiger partial charge < -0.3 is 9.88 Å². The van der Waals surface area contributed by atoms with Gasteiger partial charge in [-0.15, -0.1) is 20.4 Å². The number of aromatic nitrogens is 5. The van der Waals surface area contributed by atoms with E-state index in [1.165, 1.54) is 0 Å². The van der Waals surface area contributed by atoms with Crippen molar-refractivity contribution < 1.29 is 0 Å². The number of hydrogen-bond acceptors (Lipinski definition) is 6. The molecule has 1 N–H and O–H groups in total. The number of rotatable bonds is 5. The third-order valence-electron chi connectivity index (χ3n) is 3.25. The Morgan fingerprint density at radius 1 is 1.23 bits per heavy atom. The Morgan fingerprint density at radius 3 is 2.77 bits per heavy atom. The first-order valence-electron chi connectivity index (χ1n) is 7.14. The fourth-order valence-corrected chi connectivity index (χ4v) is 2.85. The minimum Gasteiger partial charge on any atom is -0.378 e. The van der Waals surface area contributed by atoms with Crippen molar-refractivity contribution in [1.29, 1.82) is 0 Å². The highest BCUT2D eigenvalue weighted by atomic mass is 32.1. The van der Waals surface area contributed by atoms with Crippen LogP contribution in [-0.4, -0.2) is 25.0 Å². The molecule has 0 amide bonds. The van der Waals surface area contributed by atoms with Crippen molar-refractivity contribution in [2.75, 3.05) is 5.32 Å². The molecule has 0 saturated heterocycles. The van der Waals surface area contributed by atoms with Crippen LogP contribution in [0.4, 0.5) is 5.69 Å². The lowest BCUT2D eigenvalue weighted by Gasteiger charge is -2.06. The van der Waals surface area contributed by atoms with Gasteiger partial charge >= 0.3 is 0 Å². The van der Waals surface area contributed by atoms with Crippen molar-refractivity contribution in [2.24, 2.45) is 7.05 Å². The van der Waals surface area contributed by atoms with Crippen LogP contribution in [0.25, 0.3) is 11.4 Å². The van der Waals surface area contributed by atoms with Crippen LogP contribution in [0.5, 0.6) is 0 Å². The Balaban J connectivity index is 1.71. The van der Waals surface area contributed by atoms with E-state index in [2.05, 4.69) is 45.6 Å². The molecule has 0 atom stereocenters. The number of nitrogens with zero attached hydrogens (tertiary/aromatic N) is 5. The van der Waals surface area contributed by atoms with Crippen molar-refractivity contribution in [3.63, 3.8) is 0 Å². The topological polar surface area (TPSA) is 68.5 Å². The highest BCUT2D eigenvalue weighted by Gasteiger charge is 2.08. The Labute approximate surface area is 133 Å².